The zero-order chi connectivity index (χ0) is 16.2. The Morgan fingerprint density at radius 2 is 1.77 bits per heavy atom. The van der Waals surface area contributed by atoms with Crippen LogP contribution in [0.4, 0.5) is 0 Å². The third-order valence-electron chi connectivity index (χ3n) is 6.71. The fraction of sp³-hybridized carbons (Fsp3) is 0.579. The maximum atomic E-state index is 12.9. The second-order valence-corrected chi connectivity index (χ2v) is 7.81. The van der Waals surface area contributed by atoms with E-state index >= 15 is 0 Å². The van der Waals surface area contributed by atoms with Crippen molar-refractivity contribution in [3.63, 3.8) is 0 Å². The number of rotatable bonds is 3. The van der Waals surface area contributed by atoms with Gasteiger partial charge in [0.25, 0.3) is 0 Å². The minimum atomic E-state index is -0.524. The molecule has 0 unspecified atom stereocenters. The third-order valence-corrected chi connectivity index (χ3v) is 6.71. The molecule has 1 amide bonds. The lowest BCUT2D eigenvalue weighted by Gasteiger charge is -2.38. The van der Waals surface area contributed by atoms with E-state index < -0.39 is 5.41 Å². The van der Waals surface area contributed by atoms with Crippen LogP contribution in [-0.4, -0.2) is 11.7 Å². The number of carbonyl (C=O) groups excluding carboxylic acids is 2. The molecule has 2 aliphatic carbocycles. The summed E-state index contributed by atoms with van der Waals surface area (Å²) in [6, 6.07) is 8.18. The Kier molecular flexibility index (Phi) is 3.24. The number of hydrogen-bond acceptors (Lipinski definition) is 2. The van der Waals surface area contributed by atoms with Crippen molar-refractivity contribution in [1.82, 2.24) is 5.32 Å². The molecule has 22 heavy (non-hydrogen) atoms. The van der Waals surface area contributed by atoms with Crippen LogP contribution in [0.25, 0.3) is 0 Å². The van der Waals surface area contributed by atoms with Crippen LogP contribution in [0.3, 0.4) is 0 Å². The Bertz CT molecular complexity index is 631. The summed E-state index contributed by atoms with van der Waals surface area (Å²) in [6.45, 7) is 8.80. The van der Waals surface area contributed by atoms with E-state index in [2.05, 4.69) is 31.3 Å². The van der Waals surface area contributed by atoms with Crippen molar-refractivity contribution in [2.75, 3.05) is 0 Å². The summed E-state index contributed by atoms with van der Waals surface area (Å²) in [5.41, 5.74) is 1.17. The van der Waals surface area contributed by atoms with E-state index in [0.29, 0.717) is 13.0 Å². The predicted octanol–water partition coefficient (Wildman–Crippen LogP) is 3.40. The van der Waals surface area contributed by atoms with E-state index in [4.69, 9.17) is 0 Å². The van der Waals surface area contributed by atoms with Gasteiger partial charge in [-0.1, -0.05) is 50.6 Å². The van der Waals surface area contributed by atoms with Crippen molar-refractivity contribution in [2.45, 2.75) is 53.5 Å². The number of amides is 1. The average molecular weight is 299 g/mol. The van der Waals surface area contributed by atoms with Crippen LogP contribution in [0, 0.1) is 23.2 Å². The quantitative estimate of drug-likeness (QED) is 0.930. The van der Waals surface area contributed by atoms with Gasteiger partial charge in [0.1, 0.15) is 5.78 Å². The summed E-state index contributed by atoms with van der Waals surface area (Å²) >= 11 is 0. The molecule has 0 heterocycles. The molecule has 3 nitrogen and oxygen atoms in total. The number of aryl methyl sites for hydroxylation is 1. The second kappa shape index (κ2) is 4.68. The topological polar surface area (TPSA) is 46.2 Å². The normalized spacial score (nSPS) is 32.3. The van der Waals surface area contributed by atoms with E-state index in [-0.39, 0.29) is 22.5 Å². The Morgan fingerprint density at radius 3 is 2.27 bits per heavy atom. The molecule has 1 aromatic carbocycles. The average Bonchev–Trinajstić information content (AvgIpc) is 2.77. The van der Waals surface area contributed by atoms with Gasteiger partial charge in [-0.2, -0.15) is 0 Å². The smallest absolute Gasteiger partial charge is 0.227 e. The molecule has 1 N–H and O–H groups in total. The summed E-state index contributed by atoms with van der Waals surface area (Å²) in [6.07, 6.45) is 2.05. The lowest BCUT2D eigenvalue weighted by atomic mass is 9.64. The molecule has 0 aliphatic heterocycles. The highest BCUT2D eigenvalue weighted by atomic mass is 16.2. The van der Waals surface area contributed by atoms with Crippen molar-refractivity contribution >= 4 is 11.7 Å². The molecule has 2 atom stereocenters. The number of carbonyl (C=O) groups is 2. The van der Waals surface area contributed by atoms with E-state index in [9.17, 15) is 9.59 Å². The zero-order valence-electron chi connectivity index (χ0n) is 14.0. The van der Waals surface area contributed by atoms with Gasteiger partial charge in [0.05, 0.1) is 5.41 Å². The Hall–Kier alpha value is -1.64. The first-order valence-electron chi connectivity index (χ1n) is 8.10. The summed E-state index contributed by atoms with van der Waals surface area (Å²) in [5.74, 6) is 0.307. The molecule has 2 saturated carbocycles. The fourth-order valence-corrected chi connectivity index (χ4v) is 4.42. The summed E-state index contributed by atoms with van der Waals surface area (Å²) in [5, 5.41) is 3.08. The van der Waals surface area contributed by atoms with Crippen LogP contribution in [0.1, 0.15) is 51.2 Å². The first-order chi connectivity index (χ1) is 10.2. The zero-order valence-corrected chi connectivity index (χ0v) is 14.0. The van der Waals surface area contributed by atoms with Gasteiger partial charge in [-0.15, -0.1) is 0 Å². The third kappa shape index (κ3) is 1.81. The Morgan fingerprint density at radius 1 is 1.14 bits per heavy atom. The minimum absolute atomic E-state index is 0.0488. The SMILES string of the molecule is Cc1ccc(CNC(=O)[C@@]23CC[C@@](C)(C(=O)C2)C3(C)C)cc1. The molecule has 0 spiro atoms. The molecule has 2 fully saturated rings. The van der Waals surface area contributed by atoms with Crippen LogP contribution in [0.2, 0.25) is 0 Å². The van der Waals surface area contributed by atoms with E-state index in [1.807, 2.05) is 26.0 Å². The fourth-order valence-electron chi connectivity index (χ4n) is 4.42. The van der Waals surface area contributed by atoms with Crippen molar-refractivity contribution in [3.05, 3.63) is 35.4 Å². The van der Waals surface area contributed by atoms with Crippen LogP contribution in [0.15, 0.2) is 24.3 Å². The van der Waals surface area contributed by atoms with Crippen LogP contribution in [0.5, 0.6) is 0 Å². The lowest BCUT2D eigenvalue weighted by Crippen LogP contribution is -2.46. The van der Waals surface area contributed by atoms with E-state index in [1.165, 1.54) is 5.56 Å². The van der Waals surface area contributed by atoms with Gasteiger partial charge in [-0.25, -0.2) is 0 Å². The first kappa shape index (κ1) is 15.3. The maximum absolute atomic E-state index is 12.9. The van der Waals surface area contributed by atoms with E-state index in [1.54, 1.807) is 0 Å². The van der Waals surface area contributed by atoms with Gasteiger partial charge >= 0.3 is 0 Å². The van der Waals surface area contributed by atoms with Crippen molar-refractivity contribution in [2.24, 2.45) is 16.2 Å². The van der Waals surface area contributed by atoms with Gasteiger partial charge in [-0.05, 0) is 30.7 Å². The van der Waals surface area contributed by atoms with Gasteiger partial charge in [0, 0.05) is 18.4 Å². The van der Waals surface area contributed by atoms with Crippen molar-refractivity contribution < 1.29 is 9.59 Å². The summed E-state index contributed by atoms with van der Waals surface area (Å²) in [7, 11) is 0. The molecule has 0 radical (unpaired) electrons. The Balaban J connectivity index is 1.78. The summed E-state index contributed by atoms with van der Waals surface area (Å²) in [4.78, 5) is 25.3. The van der Waals surface area contributed by atoms with Gasteiger partial charge in [0.15, 0.2) is 0 Å². The molecular weight excluding hydrogens is 274 g/mol. The van der Waals surface area contributed by atoms with Crippen molar-refractivity contribution in [3.8, 4) is 0 Å². The highest BCUT2D eigenvalue weighted by Crippen LogP contribution is 2.70. The second-order valence-electron chi connectivity index (χ2n) is 7.81. The lowest BCUT2D eigenvalue weighted by molar-refractivity contribution is -0.136. The van der Waals surface area contributed by atoms with Gasteiger partial charge in [0.2, 0.25) is 5.91 Å². The molecule has 118 valence electrons. The summed E-state index contributed by atoms with van der Waals surface area (Å²) < 4.78 is 0. The molecule has 2 bridgehead atoms. The number of ketones is 1. The molecule has 0 aromatic heterocycles. The monoisotopic (exact) mass is 299 g/mol. The molecule has 2 aliphatic rings. The molecule has 3 rings (SSSR count). The van der Waals surface area contributed by atoms with Gasteiger partial charge in [-0.3, -0.25) is 9.59 Å². The standard InChI is InChI=1S/C19H25NO2/c1-13-5-7-14(8-6-13)12-20-16(22)19-10-9-18(4,15(21)11-19)17(19,2)3/h5-8H,9-12H2,1-4H3,(H,20,22)/t18-,19+/m0/s1. The number of benzene rings is 1. The Labute approximate surface area is 132 Å². The largest absolute Gasteiger partial charge is 0.352 e. The number of fused-ring (bicyclic) bond motifs is 2. The van der Waals surface area contributed by atoms with Crippen LogP contribution in [-0.2, 0) is 16.1 Å². The maximum Gasteiger partial charge on any atom is 0.227 e. The van der Waals surface area contributed by atoms with Crippen molar-refractivity contribution in [1.29, 1.82) is 0 Å². The molecule has 0 saturated heterocycles. The number of hydrogen-bond donors (Lipinski definition) is 1. The molecular formula is C19H25NO2. The highest BCUT2D eigenvalue weighted by Gasteiger charge is 2.72. The first-order valence-corrected chi connectivity index (χ1v) is 8.10. The van der Waals surface area contributed by atoms with Crippen LogP contribution >= 0.6 is 0 Å². The number of Topliss-reactive ketones (excluding diaryl/α,β-unsaturated/α-hetero) is 1. The van der Waals surface area contributed by atoms with Gasteiger partial charge < -0.3 is 5.32 Å². The molecule has 3 heteroatoms. The van der Waals surface area contributed by atoms with Crippen LogP contribution < -0.4 is 5.32 Å². The molecule has 1 aromatic rings. The number of nitrogens with one attached hydrogen (secondary N) is 1. The highest BCUT2D eigenvalue weighted by molar-refractivity contribution is 5.99. The predicted molar refractivity (Wildman–Crippen MR) is 86.2 cm³/mol. The van der Waals surface area contributed by atoms with E-state index in [0.717, 1.165) is 18.4 Å². The minimum Gasteiger partial charge on any atom is -0.352 e.